The summed E-state index contributed by atoms with van der Waals surface area (Å²) >= 11 is 5.26. The van der Waals surface area contributed by atoms with Gasteiger partial charge in [0.15, 0.2) is 0 Å². The normalized spacial score (nSPS) is 17.9. The third-order valence-electron chi connectivity index (χ3n) is 3.19. The van der Waals surface area contributed by atoms with Crippen LogP contribution in [-0.2, 0) is 4.74 Å². The molecule has 1 unspecified atom stereocenters. The average molecular weight is 280 g/mol. The third kappa shape index (κ3) is 3.43. The molecule has 1 aliphatic heterocycles. The predicted molar refractivity (Wildman–Crippen MR) is 79.5 cm³/mol. The zero-order valence-electron chi connectivity index (χ0n) is 11.2. The minimum absolute atomic E-state index is 0.0818. The summed E-state index contributed by atoms with van der Waals surface area (Å²) in [5.74, 6) is 0.856. The van der Waals surface area contributed by atoms with E-state index < -0.39 is 0 Å². The highest BCUT2D eigenvalue weighted by atomic mass is 32.1. The summed E-state index contributed by atoms with van der Waals surface area (Å²) in [7, 11) is 0. The van der Waals surface area contributed by atoms with Gasteiger partial charge in [0.1, 0.15) is 5.75 Å². The highest BCUT2D eigenvalue weighted by Crippen LogP contribution is 2.30. The molecule has 5 heteroatoms. The van der Waals surface area contributed by atoms with Crippen molar-refractivity contribution in [1.29, 1.82) is 0 Å². The maximum Gasteiger partial charge on any atom is 0.124 e. The fraction of sp³-hybridized carbons (Fsp3) is 0.500. The molecular formula is C14H20N2O2S. The van der Waals surface area contributed by atoms with Gasteiger partial charge in [0, 0.05) is 18.7 Å². The molecule has 0 spiro atoms. The van der Waals surface area contributed by atoms with Gasteiger partial charge in [-0.2, -0.15) is 0 Å². The highest BCUT2D eigenvalue weighted by molar-refractivity contribution is 7.80. The lowest BCUT2D eigenvalue weighted by molar-refractivity contribution is 0.0284. The van der Waals surface area contributed by atoms with E-state index in [0.29, 0.717) is 11.6 Å². The summed E-state index contributed by atoms with van der Waals surface area (Å²) in [5.41, 5.74) is 7.00. The second kappa shape index (κ2) is 6.84. The summed E-state index contributed by atoms with van der Waals surface area (Å²) in [6.45, 7) is 5.71. The molecule has 2 rings (SSSR count). The van der Waals surface area contributed by atoms with E-state index in [0.717, 1.165) is 37.6 Å². The van der Waals surface area contributed by atoms with Crippen molar-refractivity contribution < 1.29 is 9.47 Å². The molecule has 1 saturated heterocycles. The first-order valence-corrected chi connectivity index (χ1v) is 6.97. The van der Waals surface area contributed by atoms with Gasteiger partial charge in [0.25, 0.3) is 0 Å². The Bertz CT molecular complexity index is 433. The van der Waals surface area contributed by atoms with Crippen LogP contribution in [-0.4, -0.2) is 42.8 Å². The molecule has 0 aromatic heterocycles. The zero-order valence-corrected chi connectivity index (χ0v) is 12.0. The Morgan fingerprint density at radius 2 is 2.11 bits per heavy atom. The van der Waals surface area contributed by atoms with Crippen LogP contribution in [0.25, 0.3) is 0 Å². The molecule has 104 valence electrons. The van der Waals surface area contributed by atoms with Crippen LogP contribution in [0, 0.1) is 0 Å². The van der Waals surface area contributed by atoms with Crippen molar-refractivity contribution in [3.8, 4) is 5.75 Å². The highest BCUT2D eigenvalue weighted by Gasteiger charge is 2.27. The van der Waals surface area contributed by atoms with Gasteiger partial charge in [-0.05, 0) is 13.0 Å². The number of ether oxygens (including phenoxy) is 2. The Hall–Kier alpha value is -1.17. The van der Waals surface area contributed by atoms with Gasteiger partial charge in [-0.15, -0.1) is 0 Å². The largest absolute Gasteiger partial charge is 0.494 e. The summed E-state index contributed by atoms with van der Waals surface area (Å²) in [5, 5.41) is 0. The van der Waals surface area contributed by atoms with Crippen molar-refractivity contribution in [2.24, 2.45) is 5.73 Å². The number of benzene rings is 1. The molecule has 1 fully saturated rings. The van der Waals surface area contributed by atoms with E-state index in [4.69, 9.17) is 27.4 Å². The summed E-state index contributed by atoms with van der Waals surface area (Å²) in [6.07, 6.45) is 0. The van der Waals surface area contributed by atoms with Crippen LogP contribution in [0.4, 0.5) is 0 Å². The Kier molecular flexibility index (Phi) is 5.13. The van der Waals surface area contributed by atoms with Gasteiger partial charge in [-0.3, -0.25) is 4.90 Å². The van der Waals surface area contributed by atoms with Gasteiger partial charge in [-0.25, -0.2) is 0 Å². The smallest absolute Gasteiger partial charge is 0.124 e. The number of hydrogen-bond acceptors (Lipinski definition) is 4. The van der Waals surface area contributed by atoms with Gasteiger partial charge in [0.2, 0.25) is 0 Å². The van der Waals surface area contributed by atoms with Gasteiger partial charge in [0.05, 0.1) is 30.9 Å². The van der Waals surface area contributed by atoms with Gasteiger partial charge in [-0.1, -0.05) is 30.4 Å². The summed E-state index contributed by atoms with van der Waals surface area (Å²) in [6, 6.07) is 7.87. The van der Waals surface area contributed by atoms with Crippen LogP contribution in [0.3, 0.4) is 0 Å². The Balaban J connectivity index is 2.30. The predicted octanol–water partition coefficient (Wildman–Crippen LogP) is 1.74. The third-order valence-corrected chi connectivity index (χ3v) is 3.42. The van der Waals surface area contributed by atoms with E-state index in [1.54, 1.807) is 0 Å². The maximum atomic E-state index is 5.96. The first kappa shape index (κ1) is 14.2. The molecule has 0 bridgehead atoms. The van der Waals surface area contributed by atoms with Crippen molar-refractivity contribution in [2.45, 2.75) is 13.0 Å². The lowest BCUT2D eigenvalue weighted by atomic mass is 10.0. The molecule has 1 heterocycles. The SMILES string of the molecule is CCOc1ccccc1C(C(N)=S)N1CCOCC1. The van der Waals surface area contributed by atoms with Crippen molar-refractivity contribution in [2.75, 3.05) is 32.9 Å². The van der Waals surface area contributed by atoms with E-state index in [2.05, 4.69) is 4.90 Å². The van der Waals surface area contributed by atoms with Gasteiger partial charge >= 0.3 is 0 Å². The van der Waals surface area contributed by atoms with E-state index in [1.165, 1.54) is 0 Å². The summed E-state index contributed by atoms with van der Waals surface area (Å²) < 4.78 is 11.1. The molecule has 0 saturated carbocycles. The molecule has 1 aromatic carbocycles. The number of nitrogens with two attached hydrogens (primary N) is 1. The van der Waals surface area contributed by atoms with Crippen LogP contribution in [0.15, 0.2) is 24.3 Å². The van der Waals surface area contributed by atoms with Crippen molar-refractivity contribution >= 4 is 17.2 Å². The summed E-state index contributed by atoms with van der Waals surface area (Å²) in [4.78, 5) is 2.73. The zero-order chi connectivity index (χ0) is 13.7. The second-order valence-electron chi connectivity index (χ2n) is 4.42. The lowest BCUT2D eigenvalue weighted by Crippen LogP contribution is -2.43. The average Bonchev–Trinajstić information content (AvgIpc) is 2.42. The van der Waals surface area contributed by atoms with E-state index in [-0.39, 0.29) is 6.04 Å². The van der Waals surface area contributed by atoms with Crippen molar-refractivity contribution in [3.05, 3.63) is 29.8 Å². The maximum absolute atomic E-state index is 5.96. The number of para-hydroxylation sites is 1. The Morgan fingerprint density at radius 1 is 1.42 bits per heavy atom. The lowest BCUT2D eigenvalue weighted by Gasteiger charge is -2.34. The fourth-order valence-corrected chi connectivity index (χ4v) is 2.63. The monoisotopic (exact) mass is 280 g/mol. The molecule has 0 amide bonds. The second-order valence-corrected chi connectivity index (χ2v) is 4.90. The molecule has 0 aliphatic carbocycles. The molecular weight excluding hydrogens is 260 g/mol. The van der Waals surface area contributed by atoms with Crippen molar-refractivity contribution in [1.82, 2.24) is 4.90 Å². The number of hydrogen-bond donors (Lipinski definition) is 1. The first-order chi connectivity index (χ1) is 9.24. The fourth-order valence-electron chi connectivity index (χ4n) is 2.36. The van der Waals surface area contributed by atoms with Crippen LogP contribution in [0.5, 0.6) is 5.75 Å². The minimum atomic E-state index is -0.0818. The van der Waals surface area contributed by atoms with Crippen molar-refractivity contribution in [3.63, 3.8) is 0 Å². The van der Waals surface area contributed by atoms with Crippen LogP contribution >= 0.6 is 12.2 Å². The topological polar surface area (TPSA) is 47.7 Å². The Morgan fingerprint density at radius 3 is 2.74 bits per heavy atom. The molecule has 1 aliphatic rings. The van der Waals surface area contributed by atoms with Crippen LogP contribution in [0.2, 0.25) is 0 Å². The number of morpholine rings is 1. The quantitative estimate of drug-likeness (QED) is 0.833. The van der Waals surface area contributed by atoms with E-state index in [1.807, 2.05) is 31.2 Å². The molecule has 4 nitrogen and oxygen atoms in total. The van der Waals surface area contributed by atoms with E-state index >= 15 is 0 Å². The molecule has 1 atom stereocenters. The molecule has 19 heavy (non-hydrogen) atoms. The minimum Gasteiger partial charge on any atom is -0.494 e. The molecule has 0 radical (unpaired) electrons. The van der Waals surface area contributed by atoms with E-state index in [9.17, 15) is 0 Å². The number of thiocarbonyl (C=S) groups is 1. The van der Waals surface area contributed by atoms with Gasteiger partial charge < -0.3 is 15.2 Å². The molecule has 1 aromatic rings. The van der Waals surface area contributed by atoms with Crippen LogP contribution in [0.1, 0.15) is 18.5 Å². The number of nitrogens with zero attached hydrogens (tertiary/aromatic N) is 1. The van der Waals surface area contributed by atoms with Crippen LogP contribution < -0.4 is 10.5 Å². The number of rotatable bonds is 5. The standard InChI is InChI=1S/C14H20N2O2S/c1-2-18-12-6-4-3-5-11(12)13(14(15)19)16-7-9-17-10-8-16/h3-6,13H,2,7-10H2,1H3,(H2,15,19). The molecule has 2 N–H and O–H groups in total. The first-order valence-electron chi connectivity index (χ1n) is 6.57. The Labute approximate surface area is 119 Å².